The van der Waals surface area contributed by atoms with E-state index in [-0.39, 0.29) is 0 Å². The lowest BCUT2D eigenvalue weighted by molar-refractivity contribution is 0.343. The molecule has 9 heavy (non-hydrogen) atoms. The molecule has 0 spiro atoms. The van der Waals surface area contributed by atoms with Gasteiger partial charge in [0, 0.05) is 10.8 Å². The van der Waals surface area contributed by atoms with Crippen LogP contribution < -0.4 is 10.5 Å². The van der Waals surface area contributed by atoms with Gasteiger partial charge in [-0.05, 0) is 6.92 Å². The molecule has 1 rings (SSSR count). The number of anilines is 1. The number of hydrogen-bond donors (Lipinski definition) is 1. The Bertz CT molecular complexity index is 185. The average Bonchev–Trinajstić information content (AvgIpc) is 2.18. The van der Waals surface area contributed by atoms with Gasteiger partial charge in [0.05, 0.1) is 12.3 Å². The van der Waals surface area contributed by atoms with Gasteiger partial charge in [0.1, 0.15) is 0 Å². The molecule has 0 aliphatic carbocycles. The first kappa shape index (κ1) is 6.42. The lowest BCUT2D eigenvalue weighted by atomic mass is 10.5. The molecule has 0 aliphatic rings. The molecule has 2 nitrogen and oxygen atoms in total. The number of nitrogens with two attached hydrogens (primary N) is 1. The first-order valence-corrected chi connectivity index (χ1v) is 3.73. The first-order chi connectivity index (χ1) is 4.34. The average molecular weight is 143 g/mol. The fraction of sp³-hybridized carbons (Fsp3) is 0.333. The number of hydrogen-bond acceptors (Lipinski definition) is 3. The van der Waals surface area contributed by atoms with Gasteiger partial charge in [-0.15, -0.1) is 11.3 Å². The Kier molecular flexibility index (Phi) is 1.95. The van der Waals surface area contributed by atoms with Crippen molar-refractivity contribution in [3.05, 3.63) is 10.8 Å². The quantitative estimate of drug-likeness (QED) is 0.684. The van der Waals surface area contributed by atoms with Gasteiger partial charge in [0.2, 0.25) is 0 Å². The van der Waals surface area contributed by atoms with Crippen LogP contribution in [0.4, 0.5) is 5.69 Å². The first-order valence-electron chi connectivity index (χ1n) is 2.79. The predicted octanol–water partition coefficient (Wildman–Crippen LogP) is 1.73. The molecule has 0 atom stereocenters. The number of nitrogen functional groups attached to an aromatic ring is 1. The molecule has 0 aliphatic heterocycles. The van der Waals surface area contributed by atoms with Crippen molar-refractivity contribution in [1.82, 2.24) is 0 Å². The van der Waals surface area contributed by atoms with Crippen molar-refractivity contribution >= 4 is 17.0 Å². The summed E-state index contributed by atoms with van der Waals surface area (Å²) in [6.07, 6.45) is 0. The summed E-state index contributed by atoms with van der Waals surface area (Å²) in [5, 5.41) is 3.77. The largest absolute Gasteiger partial charge is 0.491 e. The zero-order valence-electron chi connectivity index (χ0n) is 5.26. The highest BCUT2D eigenvalue weighted by molar-refractivity contribution is 7.08. The molecule has 1 aromatic rings. The van der Waals surface area contributed by atoms with Crippen LogP contribution in [0.25, 0.3) is 0 Å². The molecule has 0 fully saturated rings. The van der Waals surface area contributed by atoms with E-state index in [1.807, 2.05) is 17.7 Å². The van der Waals surface area contributed by atoms with Crippen molar-refractivity contribution in [1.29, 1.82) is 0 Å². The molecule has 0 unspecified atom stereocenters. The monoisotopic (exact) mass is 143 g/mol. The molecule has 0 amide bonds. The van der Waals surface area contributed by atoms with Crippen LogP contribution in [-0.4, -0.2) is 6.61 Å². The van der Waals surface area contributed by atoms with Crippen LogP contribution in [0.5, 0.6) is 5.75 Å². The molecule has 1 heterocycles. The maximum absolute atomic E-state index is 5.51. The molecule has 0 aromatic carbocycles. The van der Waals surface area contributed by atoms with Crippen molar-refractivity contribution in [2.45, 2.75) is 6.92 Å². The number of rotatable bonds is 2. The van der Waals surface area contributed by atoms with E-state index in [0.29, 0.717) is 6.61 Å². The Morgan fingerprint density at radius 3 is 2.89 bits per heavy atom. The second-order valence-corrected chi connectivity index (χ2v) is 2.37. The molecule has 0 bridgehead atoms. The Morgan fingerprint density at radius 1 is 1.67 bits per heavy atom. The van der Waals surface area contributed by atoms with E-state index < -0.39 is 0 Å². The summed E-state index contributed by atoms with van der Waals surface area (Å²) in [4.78, 5) is 0. The molecular weight excluding hydrogens is 134 g/mol. The highest BCUT2D eigenvalue weighted by atomic mass is 32.1. The van der Waals surface area contributed by atoms with Crippen molar-refractivity contribution in [2.75, 3.05) is 12.3 Å². The molecule has 0 radical (unpaired) electrons. The Morgan fingerprint density at radius 2 is 2.44 bits per heavy atom. The molecule has 50 valence electrons. The fourth-order valence-electron chi connectivity index (χ4n) is 0.568. The summed E-state index contributed by atoms with van der Waals surface area (Å²) in [5.74, 6) is 0.808. The van der Waals surface area contributed by atoms with Crippen LogP contribution in [0.3, 0.4) is 0 Å². The van der Waals surface area contributed by atoms with E-state index in [4.69, 9.17) is 10.5 Å². The van der Waals surface area contributed by atoms with E-state index in [1.165, 1.54) is 0 Å². The standard InChI is InChI=1S/C6H9NOS/c1-2-8-6-4-9-3-5(6)7/h3-4H,2,7H2,1H3. The van der Waals surface area contributed by atoms with E-state index in [0.717, 1.165) is 11.4 Å². The maximum atomic E-state index is 5.51. The van der Waals surface area contributed by atoms with E-state index in [2.05, 4.69) is 0 Å². The van der Waals surface area contributed by atoms with Gasteiger partial charge in [-0.25, -0.2) is 0 Å². The van der Waals surface area contributed by atoms with Crippen LogP contribution in [0.1, 0.15) is 6.92 Å². The van der Waals surface area contributed by atoms with Crippen molar-refractivity contribution in [2.24, 2.45) is 0 Å². The van der Waals surface area contributed by atoms with Gasteiger partial charge in [-0.1, -0.05) is 0 Å². The van der Waals surface area contributed by atoms with E-state index in [1.54, 1.807) is 11.3 Å². The fourth-order valence-corrected chi connectivity index (χ4v) is 1.23. The summed E-state index contributed by atoms with van der Waals surface area (Å²) in [5.41, 5.74) is 6.25. The zero-order valence-corrected chi connectivity index (χ0v) is 6.07. The Balaban J connectivity index is 2.69. The summed E-state index contributed by atoms with van der Waals surface area (Å²) < 4.78 is 5.16. The third-order valence-corrected chi connectivity index (χ3v) is 1.69. The molecule has 0 saturated heterocycles. The molecule has 3 heteroatoms. The summed E-state index contributed by atoms with van der Waals surface area (Å²) in [7, 11) is 0. The van der Waals surface area contributed by atoms with Crippen LogP contribution in [0, 0.1) is 0 Å². The minimum Gasteiger partial charge on any atom is -0.491 e. The third-order valence-electron chi connectivity index (χ3n) is 0.954. The van der Waals surface area contributed by atoms with Gasteiger partial charge >= 0.3 is 0 Å². The zero-order chi connectivity index (χ0) is 6.69. The number of thiophene rings is 1. The molecule has 1 aromatic heterocycles. The van der Waals surface area contributed by atoms with Gasteiger partial charge in [0.25, 0.3) is 0 Å². The highest BCUT2D eigenvalue weighted by Gasteiger charge is 1.96. The lowest BCUT2D eigenvalue weighted by Gasteiger charge is -1.98. The van der Waals surface area contributed by atoms with Crippen LogP contribution >= 0.6 is 11.3 Å². The second kappa shape index (κ2) is 2.73. The van der Waals surface area contributed by atoms with Crippen molar-refractivity contribution in [3.63, 3.8) is 0 Å². The van der Waals surface area contributed by atoms with Gasteiger partial charge in [-0.3, -0.25) is 0 Å². The summed E-state index contributed by atoms with van der Waals surface area (Å²) >= 11 is 1.56. The topological polar surface area (TPSA) is 35.2 Å². The maximum Gasteiger partial charge on any atom is 0.152 e. The summed E-state index contributed by atoms with van der Waals surface area (Å²) in [6, 6.07) is 0. The second-order valence-electron chi connectivity index (χ2n) is 1.62. The third kappa shape index (κ3) is 1.36. The van der Waals surface area contributed by atoms with E-state index in [9.17, 15) is 0 Å². The van der Waals surface area contributed by atoms with Gasteiger partial charge in [-0.2, -0.15) is 0 Å². The normalized spacial score (nSPS) is 9.44. The predicted molar refractivity (Wildman–Crippen MR) is 39.9 cm³/mol. The van der Waals surface area contributed by atoms with E-state index >= 15 is 0 Å². The lowest BCUT2D eigenvalue weighted by Crippen LogP contribution is -1.92. The van der Waals surface area contributed by atoms with Crippen LogP contribution in [0.15, 0.2) is 10.8 Å². The van der Waals surface area contributed by atoms with Crippen LogP contribution in [-0.2, 0) is 0 Å². The van der Waals surface area contributed by atoms with Crippen LogP contribution in [0.2, 0.25) is 0 Å². The van der Waals surface area contributed by atoms with Crippen molar-refractivity contribution < 1.29 is 4.74 Å². The number of ether oxygens (including phenoxy) is 1. The van der Waals surface area contributed by atoms with Gasteiger partial charge in [0.15, 0.2) is 5.75 Å². The van der Waals surface area contributed by atoms with Gasteiger partial charge < -0.3 is 10.5 Å². The molecule has 0 saturated carbocycles. The van der Waals surface area contributed by atoms with Crippen molar-refractivity contribution in [3.8, 4) is 5.75 Å². The smallest absolute Gasteiger partial charge is 0.152 e. The Hall–Kier alpha value is -0.700. The summed E-state index contributed by atoms with van der Waals surface area (Å²) in [6.45, 7) is 2.62. The Labute approximate surface area is 58.3 Å². The minimum atomic E-state index is 0.681. The molecule has 2 N–H and O–H groups in total. The SMILES string of the molecule is CCOc1cscc1N. The minimum absolute atomic E-state index is 0.681. The molecular formula is C6H9NOS. The highest BCUT2D eigenvalue weighted by Crippen LogP contribution is 2.25.